The maximum Gasteiger partial charge on any atom is 0.332 e. The largest absolute Gasteiger partial charge is 0.332 e. The molecule has 1 aromatic carbocycles. The molecule has 1 amide bonds. The van der Waals surface area contributed by atoms with E-state index in [0.717, 1.165) is 6.42 Å². The Balaban J connectivity index is 1.64. The third kappa shape index (κ3) is 4.11. The minimum absolute atomic E-state index is 0.0268. The topological polar surface area (TPSA) is 120 Å². The molecular formula is C22H25N7O3. The number of aromatic amines is 1. The highest BCUT2D eigenvalue weighted by Crippen LogP contribution is 2.18. The predicted octanol–water partition coefficient (Wildman–Crippen LogP) is 2.21. The van der Waals surface area contributed by atoms with Gasteiger partial charge in [-0.05, 0) is 25.0 Å². The Morgan fingerprint density at radius 1 is 1.06 bits per heavy atom. The Kier molecular flexibility index (Phi) is 6.02. The molecule has 0 spiro atoms. The lowest BCUT2D eigenvalue weighted by molar-refractivity contribution is -0.116. The molecule has 0 aliphatic rings. The number of carbonyl (C=O) groups is 1. The van der Waals surface area contributed by atoms with Gasteiger partial charge in [0.1, 0.15) is 17.9 Å². The average Bonchev–Trinajstić information content (AvgIpc) is 3.42. The van der Waals surface area contributed by atoms with Crippen LogP contribution in [0.5, 0.6) is 0 Å². The molecule has 0 unspecified atom stereocenters. The summed E-state index contributed by atoms with van der Waals surface area (Å²) in [6.45, 7) is 4.72. The molecule has 3 aromatic heterocycles. The molecule has 2 N–H and O–H groups in total. The smallest absolute Gasteiger partial charge is 0.332 e. The molecule has 0 aliphatic carbocycles. The number of aromatic nitrogens is 6. The summed E-state index contributed by atoms with van der Waals surface area (Å²) in [7, 11) is 0. The lowest BCUT2D eigenvalue weighted by Crippen LogP contribution is -2.40. The van der Waals surface area contributed by atoms with E-state index in [9.17, 15) is 14.4 Å². The van der Waals surface area contributed by atoms with Crippen LogP contribution < -0.4 is 16.6 Å². The predicted molar refractivity (Wildman–Crippen MR) is 121 cm³/mol. The summed E-state index contributed by atoms with van der Waals surface area (Å²) in [5, 5.41) is 7.04. The van der Waals surface area contributed by atoms with Crippen LogP contribution in [0.2, 0.25) is 0 Å². The van der Waals surface area contributed by atoms with Crippen LogP contribution in [-0.2, 0) is 24.4 Å². The summed E-state index contributed by atoms with van der Waals surface area (Å²) < 4.78 is 4.27. The SMILES string of the molecule is CCCn1c(=O)c2[nH]c(-c3cnn(CC(=O)Nc4ccccc4)c3)nc2n(CCC)c1=O. The van der Waals surface area contributed by atoms with Gasteiger partial charge in [-0.15, -0.1) is 0 Å². The van der Waals surface area contributed by atoms with Crippen molar-refractivity contribution in [2.45, 2.75) is 46.3 Å². The summed E-state index contributed by atoms with van der Waals surface area (Å²) in [4.78, 5) is 45.6. The maximum atomic E-state index is 12.9. The Labute approximate surface area is 183 Å². The highest BCUT2D eigenvalue weighted by atomic mass is 16.2. The fraction of sp³-hybridized carbons (Fsp3) is 0.318. The van der Waals surface area contributed by atoms with Crippen molar-refractivity contribution in [3.63, 3.8) is 0 Å². The monoisotopic (exact) mass is 435 g/mol. The quantitative estimate of drug-likeness (QED) is 0.440. The number of hydrogen-bond donors (Lipinski definition) is 2. The van der Waals surface area contributed by atoms with Crippen molar-refractivity contribution in [1.29, 1.82) is 0 Å². The van der Waals surface area contributed by atoms with Crippen molar-refractivity contribution in [3.8, 4) is 11.4 Å². The molecule has 10 nitrogen and oxygen atoms in total. The number of rotatable bonds is 8. The Bertz CT molecular complexity index is 1360. The van der Waals surface area contributed by atoms with E-state index in [1.807, 2.05) is 44.2 Å². The van der Waals surface area contributed by atoms with E-state index < -0.39 is 0 Å². The Morgan fingerprint density at radius 3 is 2.50 bits per heavy atom. The van der Waals surface area contributed by atoms with Crippen molar-refractivity contribution in [1.82, 2.24) is 28.9 Å². The molecule has 4 aromatic rings. The molecule has 3 heterocycles. The molecule has 32 heavy (non-hydrogen) atoms. The first kappa shape index (κ1) is 21.3. The third-order valence-corrected chi connectivity index (χ3v) is 5.03. The molecule has 166 valence electrons. The van der Waals surface area contributed by atoms with Gasteiger partial charge in [-0.3, -0.25) is 23.4 Å². The minimum atomic E-state index is -0.382. The third-order valence-electron chi connectivity index (χ3n) is 5.03. The molecule has 0 aliphatic heterocycles. The number of nitrogens with one attached hydrogen (secondary N) is 2. The van der Waals surface area contributed by atoms with Gasteiger partial charge in [0.25, 0.3) is 5.56 Å². The number of H-pyrrole nitrogens is 1. The fourth-order valence-corrected chi connectivity index (χ4v) is 3.59. The van der Waals surface area contributed by atoms with Gasteiger partial charge in [0, 0.05) is 25.0 Å². The Hall–Kier alpha value is -3.95. The number of imidazole rings is 1. The maximum absolute atomic E-state index is 12.9. The Morgan fingerprint density at radius 2 is 1.78 bits per heavy atom. The average molecular weight is 435 g/mol. The molecule has 0 atom stereocenters. The van der Waals surface area contributed by atoms with Crippen LogP contribution in [0.4, 0.5) is 5.69 Å². The molecule has 10 heteroatoms. The standard InChI is InChI=1S/C22H25N7O3/c1-3-10-28-20-18(21(31)29(11-4-2)22(28)32)25-19(26-20)15-12-23-27(13-15)14-17(30)24-16-8-6-5-7-9-16/h5-9,12-13H,3-4,10-11,14H2,1-2H3,(H,24,30)(H,25,26). The van der Waals surface area contributed by atoms with E-state index in [-0.39, 0.29) is 29.2 Å². The lowest BCUT2D eigenvalue weighted by Gasteiger charge is -2.09. The summed E-state index contributed by atoms with van der Waals surface area (Å²) in [5.74, 6) is 0.208. The normalized spacial score (nSPS) is 11.2. The van der Waals surface area contributed by atoms with Gasteiger partial charge in [0.05, 0.1) is 11.8 Å². The van der Waals surface area contributed by atoms with E-state index in [1.165, 1.54) is 13.8 Å². The zero-order valence-electron chi connectivity index (χ0n) is 18.0. The fourth-order valence-electron chi connectivity index (χ4n) is 3.59. The van der Waals surface area contributed by atoms with E-state index in [1.54, 1.807) is 12.4 Å². The van der Waals surface area contributed by atoms with Gasteiger partial charge in [-0.2, -0.15) is 5.10 Å². The summed E-state index contributed by atoms with van der Waals surface area (Å²) in [6.07, 6.45) is 4.65. The van der Waals surface area contributed by atoms with Crippen LogP contribution in [0.3, 0.4) is 0 Å². The van der Waals surface area contributed by atoms with Crippen LogP contribution in [0.15, 0.2) is 52.3 Å². The van der Waals surface area contributed by atoms with Crippen LogP contribution in [0, 0.1) is 0 Å². The number of nitrogens with zero attached hydrogens (tertiary/aromatic N) is 5. The van der Waals surface area contributed by atoms with Crippen LogP contribution in [0.25, 0.3) is 22.6 Å². The second-order valence-electron chi connectivity index (χ2n) is 7.52. The number of fused-ring (bicyclic) bond motifs is 1. The van der Waals surface area contributed by atoms with Gasteiger partial charge in [-0.25, -0.2) is 9.78 Å². The van der Waals surface area contributed by atoms with Gasteiger partial charge in [0.15, 0.2) is 5.65 Å². The van der Waals surface area contributed by atoms with Crippen molar-refractivity contribution in [2.75, 3.05) is 5.32 Å². The van der Waals surface area contributed by atoms with Crippen molar-refractivity contribution in [3.05, 3.63) is 63.6 Å². The van der Waals surface area contributed by atoms with E-state index in [4.69, 9.17) is 0 Å². The second-order valence-corrected chi connectivity index (χ2v) is 7.52. The lowest BCUT2D eigenvalue weighted by atomic mass is 10.3. The number of anilines is 1. The van der Waals surface area contributed by atoms with E-state index in [2.05, 4.69) is 20.4 Å². The first-order chi connectivity index (χ1) is 15.5. The molecule has 0 saturated carbocycles. The number of aryl methyl sites for hydroxylation is 1. The van der Waals surface area contributed by atoms with E-state index >= 15 is 0 Å². The second kappa shape index (κ2) is 9.04. The molecule has 0 fully saturated rings. The van der Waals surface area contributed by atoms with Crippen LogP contribution in [-0.4, -0.2) is 34.8 Å². The summed E-state index contributed by atoms with van der Waals surface area (Å²) >= 11 is 0. The number of para-hydroxylation sites is 1. The number of carbonyl (C=O) groups excluding carboxylic acids is 1. The van der Waals surface area contributed by atoms with Crippen molar-refractivity contribution < 1.29 is 4.79 Å². The van der Waals surface area contributed by atoms with E-state index in [0.29, 0.717) is 42.2 Å². The number of benzene rings is 1. The van der Waals surface area contributed by atoms with Crippen LogP contribution in [0.1, 0.15) is 26.7 Å². The number of amides is 1. The number of hydrogen-bond acceptors (Lipinski definition) is 5. The molecule has 0 saturated heterocycles. The molecular weight excluding hydrogens is 410 g/mol. The first-order valence-corrected chi connectivity index (χ1v) is 10.6. The molecule has 0 radical (unpaired) electrons. The summed E-state index contributed by atoms with van der Waals surface area (Å²) in [6, 6.07) is 9.18. The minimum Gasteiger partial charge on any atom is -0.332 e. The van der Waals surface area contributed by atoms with Crippen molar-refractivity contribution >= 4 is 22.8 Å². The van der Waals surface area contributed by atoms with Gasteiger partial charge in [-0.1, -0.05) is 32.0 Å². The van der Waals surface area contributed by atoms with Gasteiger partial charge in [0.2, 0.25) is 5.91 Å². The zero-order chi connectivity index (χ0) is 22.7. The van der Waals surface area contributed by atoms with Gasteiger partial charge < -0.3 is 10.3 Å². The highest BCUT2D eigenvalue weighted by molar-refractivity contribution is 5.90. The summed E-state index contributed by atoms with van der Waals surface area (Å²) in [5.41, 5.74) is 1.21. The first-order valence-electron chi connectivity index (χ1n) is 10.6. The highest BCUT2D eigenvalue weighted by Gasteiger charge is 2.18. The van der Waals surface area contributed by atoms with Crippen LogP contribution >= 0.6 is 0 Å². The van der Waals surface area contributed by atoms with Gasteiger partial charge >= 0.3 is 5.69 Å². The molecule has 4 rings (SSSR count). The van der Waals surface area contributed by atoms with Crippen molar-refractivity contribution in [2.24, 2.45) is 0 Å². The zero-order valence-corrected chi connectivity index (χ0v) is 18.0. The molecule has 0 bridgehead atoms.